The Kier molecular flexibility index (Phi) is 7.54. The largest absolute Gasteiger partial charge is 0.331 e. The molecule has 33 heavy (non-hydrogen) atoms. The molecule has 168 valence electrons. The number of urea groups is 1. The molecule has 0 spiro atoms. The van der Waals surface area contributed by atoms with Gasteiger partial charge in [-0.2, -0.15) is 0 Å². The number of rotatable bonds is 7. The van der Waals surface area contributed by atoms with Gasteiger partial charge in [-0.1, -0.05) is 83.0 Å². The lowest BCUT2D eigenvalue weighted by atomic mass is 10.2. The topological polar surface area (TPSA) is 71.8 Å². The van der Waals surface area contributed by atoms with E-state index in [-0.39, 0.29) is 12.6 Å². The number of carbonyl (C=O) groups is 1. The van der Waals surface area contributed by atoms with Gasteiger partial charge in [0.05, 0.1) is 17.3 Å². The number of aryl methyl sites for hydroxylation is 1. The normalized spacial score (nSPS) is 10.8. The quantitative estimate of drug-likeness (QED) is 0.286. The third-order valence-corrected chi connectivity index (χ3v) is 6.29. The smallest absolute Gasteiger partial charge is 0.319 e. The molecule has 0 aliphatic carbocycles. The Bertz CT molecular complexity index is 1260. The van der Waals surface area contributed by atoms with Crippen LogP contribution in [0.4, 0.5) is 10.5 Å². The SMILES string of the molecule is Cc1cccc(CSc2nnc(CNC(=O)Nc3ccccc3)n2-c2cc(Cl)ccc2Cl)c1. The van der Waals surface area contributed by atoms with E-state index in [9.17, 15) is 4.79 Å². The minimum atomic E-state index is -0.345. The Labute approximate surface area is 206 Å². The number of thioether (sulfide) groups is 1. The number of carbonyl (C=O) groups excluding carboxylic acids is 1. The van der Waals surface area contributed by atoms with Crippen molar-refractivity contribution >= 4 is 46.7 Å². The molecule has 9 heteroatoms. The zero-order valence-electron chi connectivity index (χ0n) is 17.8. The first-order valence-electron chi connectivity index (χ1n) is 10.2. The van der Waals surface area contributed by atoms with Crippen molar-refractivity contribution in [3.8, 4) is 5.69 Å². The highest BCUT2D eigenvalue weighted by molar-refractivity contribution is 7.98. The maximum atomic E-state index is 12.4. The molecule has 0 bridgehead atoms. The minimum absolute atomic E-state index is 0.152. The van der Waals surface area contributed by atoms with Crippen molar-refractivity contribution in [1.82, 2.24) is 20.1 Å². The molecule has 0 saturated heterocycles. The fourth-order valence-electron chi connectivity index (χ4n) is 3.21. The van der Waals surface area contributed by atoms with Gasteiger partial charge in [-0.25, -0.2) is 4.79 Å². The summed E-state index contributed by atoms with van der Waals surface area (Å²) < 4.78 is 1.83. The van der Waals surface area contributed by atoms with Crippen LogP contribution in [0.15, 0.2) is 78.0 Å². The Morgan fingerprint density at radius 3 is 2.61 bits per heavy atom. The van der Waals surface area contributed by atoms with E-state index in [1.54, 1.807) is 18.2 Å². The summed E-state index contributed by atoms with van der Waals surface area (Å²) >= 11 is 14.3. The number of para-hydroxylation sites is 1. The van der Waals surface area contributed by atoms with Gasteiger partial charge in [0.2, 0.25) is 0 Å². The summed E-state index contributed by atoms with van der Waals surface area (Å²) in [6, 6.07) is 22.4. The third-order valence-electron chi connectivity index (χ3n) is 4.74. The first kappa shape index (κ1) is 23.2. The lowest BCUT2D eigenvalue weighted by Gasteiger charge is -2.13. The molecule has 6 nitrogen and oxygen atoms in total. The first-order valence-corrected chi connectivity index (χ1v) is 11.9. The summed E-state index contributed by atoms with van der Waals surface area (Å²) in [5.41, 5.74) is 3.72. The van der Waals surface area contributed by atoms with Crippen LogP contribution in [0.25, 0.3) is 5.69 Å². The van der Waals surface area contributed by atoms with E-state index in [1.165, 1.54) is 22.9 Å². The minimum Gasteiger partial charge on any atom is -0.331 e. The first-order chi connectivity index (χ1) is 16.0. The van der Waals surface area contributed by atoms with Gasteiger partial charge in [0.25, 0.3) is 0 Å². The Hall–Kier alpha value is -3.00. The summed E-state index contributed by atoms with van der Waals surface area (Å²) in [6.45, 7) is 2.21. The zero-order valence-corrected chi connectivity index (χ0v) is 20.1. The van der Waals surface area contributed by atoms with E-state index in [4.69, 9.17) is 23.2 Å². The highest BCUT2D eigenvalue weighted by Crippen LogP contribution is 2.31. The molecular formula is C24H21Cl2N5OS. The Morgan fingerprint density at radius 2 is 1.82 bits per heavy atom. The standard InChI is InChI=1S/C24H21Cl2N5OS/c1-16-6-5-7-17(12-16)15-33-24-30-29-22(31(24)21-13-18(25)10-11-20(21)26)14-27-23(32)28-19-8-3-2-4-9-19/h2-13H,14-15H2,1H3,(H2,27,28,32). The summed E-state index contributed by atoms with van der Waals surface area (Å²) in [4.78, 5) is 12.4. The van der Waals surface area contributed by atoms with Crippen LogP contribution in [-0.2, 0) is 12.3 Å². The highest BCUT2D eigenvalue weighted by atomic mass is 35.5. The van der Waals surface area contributed by atoms with Gasteiger partial charge in [-0.15, -0.1) is 10.2 Å². The van der Waals surface area contributed by atoms with Gasteiger partial charge in [0.1, 0.15) is 0 Å². The lowest BCUT2D eigenvalue weighted by Crippen LogP contribution is -2.29. The van der Waals surface area contributed by atoms with Crippen LogP contribution in [0, 0.1) is 6.92 Å². The highest BCUT2D eigenvalue weighted by Gasteiger charge is 2.18. The van der Waals surface area contributed by atoms with E-state index in [2.05, 4.69) is 46.0 Å². The molecule has 0 saturated carbocycles. The zero-order chi connectivity index (χ0) is 23.2. The number of amides is 2. The van der Waals surface area contributed by atoms with Crippen molar-refractivity contribution in [3.05, 3.63) is 99.8 Å². The lowest BCUT2D eigenvalue weighted by molar-refractivity contribution is 0.251. The molecule has 0 atom stereocenters. The van der Waals surface area contributed by atoms with Crippen molar-refractivity contribution in [3.63, 3.8) is 0 Å². The molecule has 2 N–H and O–H groups in total. The molecule has 0 aliphatic rings. The van der Waals surface area contributed by atoms with E-state index in [0.717, 1.165) is 0 Å². The van der Waals surface area contributed by atoms with Crippen LogP contribution in [0.5, 0.6) is 0 Å². The molecule has 2 amide bonds. The predicted molar refractivity (Wildman–Crippen MR) is 134 cm³/mol. The van der Waals surface area contributed by atoms with Gasteiger partial charge in [0, 0.05) is 16.5 Å². The number of nitrogens with one attached hydrogen (secondary N) is 2. The van der Waals surface area contributed by atoms with E-state index in [1.807, 2.05) is 41.0 Å². The number of anilines is 1. The van der Waals surface area contributed by atoms with Crippen molar-refractivity contribution in [2.24, 2.45) is 0 Å². The van der Waals surface area contributed by atoms with E-state index < -0.39 is 0 Å². The fourth-order valence-corrected chi connectivity index (χ4v) is 4.49. The number of hydrogen-bond acceptors (Lipinski definition) is 4. The van der Waals surface area contributed by atoms with Crippen LogP contribution >= 0.6 is 35.0 Å². The summed E-state index contributed by atoms with van der Waals surface area (Å²) in [5, 5.41) is 16.0. The van der Waals surface area contributed by atoms with Gasteiger partial charge < -0.3 is 10.6 Å². The maximum Gasteiger partial charge on any atom is 0.319 e. The van der Waals surface area contributed by atoms with Crippen LogP contribution in [0.3, 0.4) is 0 Å². The molecule has 4 aromatic rings. The second-order valence-corrected chi connectivity index (χ2v) is 9.07. The Morgan fingerprint density at radius 1 is 1.00 bits per heavy atom. The number of aromatic nitrogens is 3. The molecule has 3 aromatic carbocycles. The number of halogens is 2. The predicted octanol–water partition coefficient (Wildman–Crippen LogP) is 6.50. The molecule has 0 aliphatic heterocycles. The van der Waals surface area contributed by atoms with Crippen LogP contribution < -0.4 is 10.6 Å². The molecule has 0 unspecified atom stereocenters. The monoisotopic (exact) mass is 497 g/mol. The average molecular weight is 498 g/mol. The van der Waals surface area contributed by atoms with Crippen molar-refractivity contribution in [1.29, 1.82) is 0 Å². The number of nitrogens with zero attached hydrogens (tertiary/aromatic N) is 3. The molecule has 0 fully saturated rings. The van der Waals surface area contributed by atoms with Gasteiger partial charge in [-0.05, 0) is 42.8 Å². The van der Waals surface area contributed by atoms with E-state index in [0.29, 0.717) is 38.2 Å². The molecule has 4 rings (SSSR count). The molecule has 1 heterocycles. The molecular weight excluding hydrogens is 477 g/mol. The van der Waals surface area contributed by atoms with Crippen molar-refractivity contribution in [2.45, 2.75) is 24.4 Å². The maximum absolute atomic E-state index is 12.4. The average Bonchev–Trinajstić information content (AvgIpc) is 3.21. The van der Waals surface area contributed by atoms with Gasteiger partial charge in [-0.3, -0.25) is 4.57 Å². The van der Waals surface area contributed by atoms with Crippen LogP contribution in [0.2, 0.25) is 10.0 Å². The second-order valence-electron chi connectivity index (χ2n) is 7.28. The molecule has 0 radical (unpaired) electrons. The van der Waals surface area contributed by atoms with Crippen molar-refractivity contribution in [2.75, 3.05) is 5.32 Å². The van der Waals surface area contributed by atoms with Gasteiger partial charge >= 0.3 is 6.03 Å². The van der Waals surface area contributed by atoms with Gasteiger partial charge in [0.15, 0.2) is 11.0 Å². The Balaban J connectivity index is 1.57. The number of hydrogen-bond donors (Lipinski definition) is 2. The van der Waals surface area contributed by atoms with E-state index >= 15 is 0 Å². The summed E-state index contributed by atoms with van der Waals surface area (Å²) in [6.07, 6.45) is 0. The van der Waals surface area contributed by atoms with Crippen LogP contribution in [-0.4, -0.2) is 20.8 Å². The second kappa shape index (κ2) is 10.7. The summed E-state index contributed by atoms with van der Waals surface area (Å²) in [7, 11) is 0. The van der Waals surface area contributed by atoms with Crippen molar-refractivity contribution < 1.29 is 4.79 Å². The molecule has 1 aromatic heterocycles. The third kappa shape index (κ3) is 6.07. The summed E-state index contributed by atoms with van der Waals surface area (Å²) in [5.74, 6) is 1.24. The number of benzene rings is 3. The fraction of sp³-hybridized carbons (Fsp3) is 0.125. The van der Waals surface area contributed by atoms with Crippen LogP contribution in [0.1, 0.15) is 17.0 Å².